The van der Waals surface area contributed by atoms with Crippen LogP contribution in [0.15, 0.2) is 54.7 Å². The van der Waals surface area contributed by atoms with Gasteiger partial charge in [0, 0.05) is 24.0 Å². The van der Waals surface area contributed by atoms with Crippen LogP contribution in [0.2, 0.25) is 0 Å². The predicted molar refractivity (Wildman–Crippen MR) is 105 cm³/mol. The molecule has 3 N–H and O–H groups in total. The molecule has 0 saturated carbocycles. The molecular formula is C19H18N6O3. The fraction of sp³-hybridized carbons (Fsp3) is 0.105. The van der Waals surface area contributed by atoms with Gasteiger partial charge in [-0.1, -0.05) is 0 Å². The second-order valence-corrected chi connectivity index (χ2v) is 5.74. The van der Waals surface area contributed by atoms with Crippen LogP contribution in [0.1, 0.15) is 17.3 Å². The summed E-state index contributed by atoms with van der Waals surface area (Å²) in [6.07, 6.45) is 1.49. The van der Waals surface area contributed by atoms with E-state index in [2.05, 4.69) is 35.9 Å². The van der Waals surface area contributed by atoms with E-state index in [0.29, 0.717) is 23.0 Å². The van der Waals surface area contributed by atoms with Crippen LogP contribution in [-0.2, 0) is 9.53 Å². The summed E-state index contributed by atoms with van der Waals surface area (Å²) in [6, 6.07) is 13.9. The van der Waals surface area contributed by atoms with Gasteiger partial charge in [0.1, 0.15) is 0 Å². The fourth-order valence-corrected chi connectivity index (χ4v) is 2.34. The molecule has 9 heteroatoms. The first-order chi connectivity index (χ1) is 13.5. The SMILES string of the molecule is COC(=O)c1ccc(Nc2cnnc(Nc3ccc(NC(C)=O)cc3)n2)cc1. The van der Waals surface area contributed by atoms with Crippen molar-refractivity contribution in [1.29, 1.82) is 0 Å². The number of amides is 1. The third-order valence-corrected chi connectivity index (χ3v) is 3.60. The molecule has 0 aliphatic heterocycles. The number of esters is 1. The van der Waals surface area contributed by atoms with Crippen molar-refractivity contribution in [2.75, 3.05) is 23.1 Å². The van der Waals surface area contributed by atoms with Crippen molar-refractivity contribution in [1.82, 2.24) is 15.2 Å². The van der Waals surface area contributed by atoms with Crippen LogP contribution in [0.25, 0.3) is 0 Å². The van der Waals surface area contributed by atoms with Crippen molar-refractivity contribution in [2.24, 2.45) is 0 Å². The molecule has 0 bridgehead atoms. The second-order valence-electron chi connectivity index (χ2n) is 5.74. The van der Waals surface area contributed by atoms with Crippen LogP contribution < -0.4 is 16.0 Å². The zero-order chi connectivity index (χ0) is 19.9. The summed E-state index contributed by atoms with van der Waals surface area (Å²) >= 11 is 0. The molecule has 0 radical (unpaired) electrons. The summed E-state index contributed by atoms with van der Waals surface area (Å²) in [5, 5.41) is 16.7. The molecule has 0 atom stereocenters. The minimum Gasteiger partial charge on any atom is -0.465 e. The van der Waals surface area contributed by atoms with E-state index in [1.165, 1.54) is 20.2 Å². The minimum absolute atomic E-state index is 0.133. The van der Waals surface area contributed by atoms with Gasteiger partial charge < -0.3 is 20.7 Å². The van der Waals surface area contributed by atoms with Gasteiger partial charge in [-0.15, -0.1) is 5.10 Å². The van der Waals surface area contributed by atoms with E-state index in [4.69, 9.17) is 0 Å². The Morgan fingerprint density at radius 3 is 2.14 bits per heavy atom. The molecule has 2 aromatic carbocycles. The Balaban J connectivity index is 1.66. The number of nitrogens with zero attached hydrogens (tertiary/aromatic N) is 3. The molecule has 0 fully saturated rings. The lowest BCUT2D eigenvalue weighted by atomic mass is 10.2. The normalized spacial score (nSPS) is 10.1. The van der Waals surface area contributed by atoms with Crippen molar-refractivity contribution >= 4 is 40.7 Å². The predicted octanol–water partition coefficient (Wildman–Crippen LogP) is 3.10. The number of methoxy groups -OCH3 is 1. The highest BCUT2D eigenvalue weighted by atomic mass is 16.5. The molecule has 28 heavy (non-hydrogen) atoms. The lowest BCUT2D eigenvalue weighted by Gasteiger charge is -2.09. The maximum absolute atomic E-state index is 11.5. The molecule has 0 unspecified atom stereocenters. The Morgan fingerprint density at radius 2 is 1.50 bits per heavy atom. The molecule has 3 aromatic rings. The maximum Gasteiger partial charge on any atom is 0.337 e. The number of carbonyl (C=O) groups excluding carboxylic acids is 2. The highest BCUT2D eigenvalue weighted by molar-refractivity contribution is 5.90. The molecule has 9 nitrogen and oxygen atoms in total. The summed E-state index contributed by atoms with van der Waals surface area (Å²) in [5.41, 5.74) is 2.64. The third-order valence-electron chi connectivity index (χ3n) is 3.60. The van der Waals surface area contributed by atoms with Crippen LogP contribution in [-0.4, -0.2) is 34.2 Å². The maximum atomic E-state index is 11.5. The number of carbonyl (C=O) groups is 2. The van der Waals surface area contributed by atoms with E-state index in [9.17, 15) is 9.59 Å². The molecule has 142 valence electrons. The van der Waals surface area contributed by atoms with Crippen LogP contribution in [0.4, 0.5) is 28.8 Å². The van der Waals surface area contributed by atoms with Gasteiger partial charge in [-0.2, -0.15) is 10.1 Å². The summed E-state index contributed by atoms with van der Waals surface area (Å²) in [5.74, 6) is 0.263. The standard InChI is InChI=1S/C19H18N6O3/c1-12(26)21-14-7-9-16(10-8-14)23-19-24-17(11-20-25-19)22-15-5-3-13(4-6-15)18(27)28-2/h3-11H,1-2H3,(H,21,26)(H2,22,23,24,25). The number of anilines is 5. The lowest BCUT2D eigenvalue weighted by Crippen LogP contribution is -2.06. The average Bonchev–Trinajstić information content (AvgIpc) is 2.69. The highest BCUT2D eigenvalue weighted by Crippen LogP contribution is 2.19. The first-order valence-corrected chi connectivity index (χ1v) is 8.33. The molecule has 0 aliphatic rings. The number of hydrogen-bond acceptors (Lipinski definition) is 8. The Bertz CT molecular complexity index is 974. The summed E-state index contributed by atoms with van der Waals surface area (Å²) in [4.78, 5) is 26.9. The van der Waals surface area contributed by atoms with Gasteiger partial charge >= 0.3 is 5.97 Å². The van der Waals surface area contributed by atoms with E-state index in [-0.39, 0.29) is 5.91 Å². The van der Waals surface area contributed by atoms with Crippen LogP contribution in [0.3, 0.4) is 0 Å². The first-order valence-electron chi connectivity index (χ1n) is 8.33. The molecule has 0 aliphatic carbocycles. The van der Waals surface area contributed by atoms with Gasteiger partial charge in [0.15, 0.2) is 5.82 Å². The van der Waals surface area contributed by atoms with Gasteiger partial charge in [0.2, 0.25) is 11.9 Å². The van der Waals surface area contributed by atoms with Crippen molar-refractivity contribution < 1.29 is 14.3 Å². The first kappa shape index (κ1) is 18.8. The van der Waals surface area contributed by atoms with E-state index in [0.717, 1.165) is 11.4 Å². The molecule has 1 aromatic heterocycles. The van der Waals surface area contributed by atoms with Gasteiger partial charge in [-0.3, -0.25) is 4.79 Å². The summed E-state index contributed by atoms with van der Waals surface area (Å²) < 4.78 is 4.67. The zero-order valence-electron chi connectivity index (χ0n) is 15.3. The molecular weight excluding hydrogens is 360 g/mol. The molecule has 1 heterocycles. The Kier molecular flexibility index (Phi) is 5.75. The minimum atomic E-state index is -0.397. The number of benzene rings is 2. The lowest BCUT2D eigenvalue weighted by molar-refractivity contribution is -0.114. The summed E-state index contributed by atoms with van der Waals surface area (Å²) in [6.45, 7) is 1.45. The fourth-order valence-electron chi connectivity index (χ4n) is 2.34. The summed E-state index contributed by atoms with van der Waals surface area (Å²) in [7, 11) is 1.34. The molecule has 0 saturated heterocycles. The van der Waals surface area contributed by atoms with E-state index < -0.39 is 5.97 Å². The highest BCUT2D eigenvalue weighted by Gasteiger charge is 2.06. The monoisotopic (exact) mass is 378 g/mol. The van der Waals surface area contributed by atoms with Gasteiger partial charge in [0.05, 0.1) is 18.9 Å². The molecule has 3 rings (SSSR count). The zero-order valence-corrected chi connectivity index (χ0v) is 15.3. The van der Waals surface area contributed by atoms with E-state index in [1.807, 2.05) is 0 Å². The van der Waals surface area contributed by atoms with Crippen LogP contribution in [0.5, 0.6) is 0 Å². The Labute approximate surface area is 161 Å². The van der Waals surface area contributed by atoms with E-state index >= 15 is 0 Å². The Morgan fingerprint density at radius 1 is 0.893 bits per heavy atom. The van der Waals surface area contributed by atoms with Crippen molar-refractivity contribution in [2.45, 2.75) is 6.92 Å². The van der Waals surface area contributed by atoms with E-state index in [1.54, 1.807) is 48.5 Å². The molecule has 0 spiro atoms. The largest absolute Gasteiger partial charge is 0.465 e. The number of rotatable bonds is 6. The van der Waals surface area contributed by atoms with Crippen LogP contribution >= 0.6 is 0 Å². The number of nitrogens with one attached hydrogen (secondary N) is 3. The smallest absolute Gasteiger partial charge is 0.337 e. The number of aromatic nitrogens is 3. The van der Waals surface area contributed by atoms with Crippen molar-refractivity contribution in [3.05, 3.63) is 60.3 Å². The third kappa shape index (κ3) is 5.01. The Hall–Kier alpha value is -4.01. The van der Waals surface area contributed by atoms with Gasteiger partial charge in [-0.05, 0) is 48.5 Å². The van der Waals surface area contributed by atoms with Gasteiger partial charge in [0.25, 0.3) is 0 Å². The van der Waals surface area contributed by atoms with Crippen molar-refractivity contribution in [3.63, 3.8) is 0 Å². The van der Waals surface area contributed by atoms with Gasteiger partial charge in [-0.25, -0.2) is 4.79 Å². The average molecular weight is 378 g/mol. The number of hydrogen-bond donors (Lipinski definition) is 3. The topological polar surface area (TPSA) is 118 Å². The number of ether oxygens (including phenoxy) is 1. The quantitative estimate of drug-likeness (QED) is 0.560. The second kappa shape index (κ2) is 8.58. The van der Waals surface area contributed by atoms with Crippen molar-refractivity contribution in [3.8, 4) is 0 Å². The molecule has 1 amide bonds. The van der Waals surface area contributed by atoms with Crippen LogP contribution in [0, 0.1) is 0 Å².